The van der Waals surface area contributed by atoms with Crippen molar-refractivity contribution in [2.24, 2.45) is 5.41 Å². The Balaban J connectivity index is 1.95. The van der Waals surface area contributed by atoms with Crippen molar-refractivity contribution >= 4 is 11.4 Å². The summed E-state index contributed by atoms with van der Waals surface area (Å²) in [4.78, 5) is 2.11. The minimum atomic E-state index is -0.156. The Kier molecular flexibility index (Phi) is 5.06. The van der Waals surface area contributed by atoms with Gasteiger partial charge in [-0.1, -0.05) is 13.8 Å². The van der Waals surface area contributed by atoms with Crippen molar-refractivity contribution in [2.75, 3.05) is 29.9 Å². The molecular weight excluding hydrogens is 265 g/mol. The highest BCUT2D eigenvalue weighted by Gasteiger charge is 2.19. The summed E-state index contributed by atoms with van der Waals surface area (Å²) in [6, 6.07) is 7.56. The highest BCUT2D eigenvalue weighted by atomic mass is 19.1. The van der Waals surface area contributed by atoms with Crippen LogP contribution in [0.15, 0.2) is 18.2 Å². The summed E-state index contributed by atoms with van der Waals surface area (Å²) in [7, 11) is 0. The molecule has 0 atom stereocenters. The lowest BCUT2D eigenvalue weighted by Crippen LogP contribution is -2.23. The number of anilines is 2. The second-order valence-corrected chi connectivity index (χ2v) is 6.54. The Bertz CT molecular complexity index is 513. The van der Waals surface area contributed by atoms with Crippen molar-refractivity contribution in [3.8, 4) is 6.07 Å². The zero-order chi connectivity index (χ0) is 15.3. The third kappa shape index (κ3) is 4.35. The molecule has 1 fully saturated rings. The molecule has 1 aromatic carbocycles. The van der Waals surface area contributed by atoms with Crippen LogP contribution in [0, 0.1) is 22.6 Å². The second-order valence-electron chi connectivity index (χ2n) is 6.54. The van der Waals surface area contributed by atoms with Crippen LogP contribution in [-0.2, 0) is 0 Å². The quantitative estimate of drug-likeness (QED) is 0.854. The Morgan fingerprint density at radius 3 is 2.67 bits per heavy atom. The molecule has 0 aromatic heterocycles. The normalized spacial score (nSPS) is 15.0. The molecule has 1 aromatic rings. The SMILES string of the molecule is CC(C)(CCC#N)CNc1ccc(N2CCCC2)c(F)c1. The fourth-order valence-electron chi connectivity index (χ4n) is 2.66. The van der Waals surface area contributed by atoms with Crippen LogP contribution in [0.4, 0.5) is 15.8 Å². The van der Waals surface area contributed by atoms with Crippen LogP contribution in [0.3, 0.4) is 0 Å². The summed E-state index contributed by atoms with van der Waals surface area (Å²) in [6.07, 6.45) is 3.68. The number of nitriles is 1. The lowest BCUT2D eigenvalue weighted by atomic mass is 9.88. The maximum absolute atomic E-state index is 14.2. The molecule has 114 valence electrons. The van der Waals surface area contributed by atoms with Crippen molar-refractivity contribution < 1.29 is 4.39 Å². The van der Waals surface area contributed by atoms with Gasteiger partial charge in [-0.2, -0.15) is 5.26 Å². The van der Waals surface area contributed by atoms with Gasteiger partial charge < -0.3 is 10.2 Å². The molecule has 0 spiro atoms. The fraction of sp³-hybridized carbons (Fsp3) is 0.588. The van der Waals surface area contributed by atoms with E-state index in [0.717, 1.165) is 44.6 Å². The number of hydrogen-bond donors (Lipinski definition) is 1. The van der Waals surface area contributed by atoms with Gasteiger partial charge in [-0.15, -0.1) is 0 Å². The van der Waals surface area contributed by atoms with Crippen LogP contribution in [-0.4, -0.2) is 19.6 Å². The summed E-state index contributed by atoms with van der Waals surface area (Å²) >= 11 is 0. The summed E-state index contributed by atoms with van der Waals surface area (Å²) in [5, 5.41) is 11.9. The number of nitrogens with zero attached hydrogens (tertiary/aromatic N) is 2. The van der Waals surface area contributed by atoms with E-state index in [1.54, 1.807) is 6.07 Å². The maximum atomic E-state index is 14.2. The van der Waals surface area contributed by atoms with Crippen molar-refractivity contribution in [3.05, 3.63) is 24.0 Å². The average molecular weight is 289 g/mol. The lowest BCUT2D eigenvalue weighted by Gasteiger charge is -2.25. The standard InChI is InChI=1S/C17H24FN3/c1-17(2,8-5-9-19)13-20-14-6-7-16(15(18)12-14)21-10-3-4-11-21/h6-7,12,20H,3-5,8,10-11,13H2,1-2H3. The highest BCUT2D eigenvalue weighted by molar-refractivity contribution is 5.56. The van der Waals surface area contributed by atoms with Gasteiger partial charge in [-0.25, -0.2) is 4.39 Å². The predicted molar refractivity (Wildman–Crippen MR) is 85.0 cm³/mol. The van der Waals surface area contributed by atoms with Gasteiger partial charge in [0, 0.05) is 31.7 Å². The van der Waals surface area contributed by atoms with Crippen LogP contribution in [0.25, 0.3) is 0 Å². The first-order chi connectivity index (χ1) is 10.0. The van der Waals surface area contributed by atoms with E-state index in [2.05, 4.69) is 30.1 Å². The summed E-state index contributed by atoms with van der Waals surface area (Å²) in [5.74, 6) is -0.156. The molecule has 0 radical (unpaired) electrons. The van der Waals surface area contributed by atoms with Crippen molar-refractivity contribution in [2.45, 2.75) is 39.5 Å². The first kappa shape index (κ1) is 15.6. The number of halogens is 1. The van der Waals surface area contributed by atoms with Gasteiger partial charge in [0.05, 0.1) is 11.8 Å². The van der Waals surface area contributed by atoms with Gasteiger partial charge in [0.25, 0.3) is 0 Å². The summed E-state index contributed by atoms with van der Waals surface area (Å²) < 4.78 is 14.2. The van der Waals surface area contributed by atoms with E-state index in [1.165, 1.54) is 0 Å². The Labute approximate surface area is 126 Å². The Morgan fingerprint density at radius 2 is 2.05 bits per heavy atom. The van der Waals surface area contributed by atoms with Crippen molar-refractivity contribution in [3.63, 3.8) is 0 Å². The van der Waals surface area contributed by atoms with E-state index in [9.17, 15) is 4.39 Å². The fourth-order valence-corrected chi connectivity index (χ4v) is 2.66. The topological polar surface area (TPSA) is 39.1 Å². The second kappa shape index (κ2) is 6.80. The zero-order valence-electron chi connectivity index (χ0n) is 13.0. The molecule has 1 aliphatic rings. The molecule has 0 aliphatic carbocycles. The average Bonchev–Trinajstić information content (AvgIpc) is 2.97. The minimum absolute atomic E-state index is 0.0276. The van der Waals surface area contributed by atoms with Gasteiger partial charge in [-0.3, -0.25) is 0 Å². The molecule has 1 aliphatic heterocycles. The predicted octanol–water partition coefficient (Wildman–Crippen LogP) is 4.17. The third-order valence-electron chi connectivity index (χ3n) is 4.08. The smallest absolute Gasteiger partial charge is 0.148 e. The van der Waals surface area contributed by atoms with Crippen LogP contribution < -0.4 is 10.2 Å². The molecule has 0 unspecified atom stereocenters. The molecule has 1 heterocycles. The molecule has 2 rings (SSSR count). The van der Waals surface area contributed by atoms with Gasteiger partial charge in [0.2, 0.25) is 0 Å². The van der Waals surface area contributed by atoms with Crippen LogP contribution in [0.5, 0.6) is 0 Å². The van der Waals surface area contributed by atoms with E-state index in [1.807, 2.05) is 12.1 Å². The zero-order valence-corrected chi connectivity index (χ0v) is 13.0. The largest absolute Gasteiger partial charge is 0.384 e. The van der Waals surface area contributed by atoms with Crippen LogP contribution in [0.1, 0.15) is 39.5 Å². The molecule has 1 N–H and O–H groups in total. The van der Waals surface area contributed by atoms with Crippen LogP contribution in [0.2, 0.25) is 0 Å². The van der Waals surface area contributed by atoms with Gasteiger partial charge in [0.15, 0.2) is 0 Å². The third-order valence-corrected chi connectivity index (χ3v) is 4.08. The molecule has 21 heavy (non-hydrogen) atoms. The molecule has 1 saturated heterocycles. The summed E-state index contributed by atoms with van der Waals surface area (Å²) in [5.41, 5.74) is 1.54. The van der Waals surface area contributed by atoms with E-state index < -0.39 is 0 Å². The van der Waals surface area contributed by atoms with Crippen molar-refractivity contribution in [1.82, 2.24) is 0 Å². The highest BCUT2D eigenvalue weighted by Crippen LogP contribution is 2.27. The van der Waals surface area contributed by atoms with Crippen molar-refractivity contribution in [1.29, 1.82) is 5.26 Å². The maximum Gasteiger partial charge on any atom is 0.148 e. The molecule has 0 saturated carbocycles. The number of hydrogen-bond acceptors (Lipinski definition) is 3. The Hall–Kier alpha value is -1.76. The molecule has 3 nitrogen and oxygen atoms in total. The lowest BCUT2D eigenvalue weighted by molar-refractivity contribution is 0.364. The minimum Gasteiger partial charge on any atom is -0.384 e. The van der Waals surface area contributed by atoms with Gasteiger partial charge >= 0.3 is 0 Å². The van der Waals surface area contributed by atoms with Gasteiger partial charge in [0.1, 0.15) is 5.82 Å². The monoisotopic (exact) mass is 289 g/mol. The first-order valence-corrected chi connectivity index (χ1v) is 7.67. The molecular formula is C17H24FN3. The number of benzene rings is 1. The van der Waals surface area contributed by atoms with Gasteiger partial charge in [-0.05, 0) is 42.9 Å². The first-order valence-electron chi connectivity index (χ1n) is 7.67. The molecule has 4 heteroatoms. The Morgan fingerprint density at radius 1 is 1.33 bits per heavy atom. The van der Waals surface area contributed by atoms with E-state index in [-0.39, 0.29) is 11.2 Å². The summed E-state index contributed by atoms with van der Waals surface area (Å²) in [6.45, 7) is 6.87. The van der Waals surface area contributed by atoms with Crippen LogP contribution >= 0.6 is 0 Å². The molecule has 0 bridgehead atoms. The van der Waals surface area contributed by atoms with E-state index in [4.69, 9.17) is 5.26 Å². The number of rotatable bonds is 6. The molecule has 0 amide bonds. The number of nitrogens with one attached hydrogen (secondary N) is 1. The van der Waals surface area contributed by atoms with E-state index in [0.29, 0.717) is 12.1 Å². The van der Waals surface area contributed by atoms with E-state index >= 15 is 0 Å².